The monoisotopic (exact) mass is 676 g/mol. The Morgan fingerprint density at radius 1 is 0.894 bits per heavy atom. The van der Waals surface area contributed by atoms with Crippen LogP contribution in [0, 0.1) is 5.92 Å². The molecule has 1 fully saturated rings. The van der Waals surface area contributed by atoms with Gasteiger partial charge in [0, 0.05) is 41.6 Å². The van der Waals surface area contributed by atoms with E-state index in [0.29, 0.717) is 25.4 Å². The maximum absolute atomic E-state index is 13.2. The van der Waals surface area contributed by atoms with E-state index in [1.54, 1.807) is 0 Å². The van der Waals surface area contributed by atoms with Gasteiger partial charge in [-0.1, -0.05) is 73.4 Å². The number of nitrogens with zero attached hydrogens (tertiary/aromatic N) is 5. The Hall–Kier alpha value is -3.27. The van der Waals surface area contributed by atoms with Crippen LogP contribution in [0.25, 0.3) is 10.9 Å². The molecule has 0 radical (unpaired) electrons. The number of aromatic nitrogens is 2. The summed E-state index contributed by atoms with van der Waals surface area (Å²) in [5.41, 5.74) is 3.25. The molecule has 1 aliphatic heterocycles. The van der Waals surface area contributed by atoms with E-state index >= 15 is 0 Å². The van der Waals surface area contributed by atoms with Crippen molar-refractivity contribution in [2.24, 2.45) is 5.92 Å². The van der Waals surface area contributed by atoms with Crippen LogP contribution in [0.15, 0.2) is 72.8 Å². The number of rotatable bonds is 14. The van der Waals surface area contributed by atoms with Crippen LogP contribution in [-0.2, 0) is 16.1 Å². The summed E-state index contributed by atoms with van der Waals surface area (Å²) in [6, 6.07) is 23.8. The molecule has 0 spiro atoms. The van der Waals surface area contributed by atoms with E-state index in [1.165, 1.54) is 11.1 Å². The number of nitrogens with one attached hydrogen (secondary N) is 1. The number of halogens is 2. The SMILES string of the molecule is CC(C)COC(=O)[C@H](CCCN(C)C)Nc1nc(CN2CCN(C(c3ccc(Cl)cc3)c3ccc(Cl)cc3)CC2)nc2ccccc12. The Balaban J connectivity index is 1.32. The number of benzene rings is 3. The Morgan fingerprint density at radius 3 is 2.11 bits per heavy atom. The molecule has 1 aliphatic rings. The summed E-state index contributed by atoms with van der Waals surface area (Å²) in [5.74, 6) is 1.43. The molecule has 3 aromatic carbocycles. The summed E-state index contributed by atoms with van der Waals surface area (Å²) in [7, 11) is 4.08. The lowest BCUT2D eigenvalue weighted by Crippen LogP contribution is -2.47. The van der Waals surface area contributed by atoms with Gasteiger partial charge in [-0.25, -0.2) is 14.8 Å². The molecule has 0 bridgehead atoms. The number of hydrogen-bond acceptors (Lipinski definition) is 8. The lowest BCUT2D eigenvalue weighted by atomic mass is 9.96. The zero-order chi connectivity index (χ0) is 33.3. The first-order valence-electron chi connectivity index (χ1n) is 16.5. The van der Waals surface area contributed by atoms with Gasteiger partial charge in [0.1, 0.15) is 17.7 Å². The Bertz CT molecular complexity index is 1550. The molecule has 1 aromatic heterocycles. The molecular formula is C37H46Cl2N6O2. The van der Waals surface area contributed by atoms with Crippen molar-refractivity contribution in [3.63, 3.8) is 0 Å². The molecule has 0 aliphatic carbocycles. The van der Waals surface area contributed by atoms with Crippen LogP contribution >= 0.6 is 23.2 Å². The van der Waals surface area contributed by atoms with Crippen LogP contribution in [0.1, 0.15) is 49.7 Å². The highest BCUT2D eigenvalue weighted by molar-refractivity contribution is 6.30. The van der Waals surface area contributed by atoms with Crippen molar-refractivity contribution >= 4 is 45.9 Å². The van der Waals surface area contributed by atoms with Gasteiger partial charge < -0.3 is 15.0 Å². The number of hydrogen-bond donors (Lipinski definition) is 1. The fourth-order valence-corrected chi connectivity index (χ4v) is 6.22. The topological polar surface area (TPSA) is 73.8 Å². The zero-order valence-electron chi connectivity index (χ0n) is 27.8. The quantitative estimate of drug-likeness (QED) is 0.141. The molecule has 4 aromatic rings. The van der Waals surface area contributed by atoms with E-state index in [-0.39, 0.29) is 17.9 Å². The largest absolute Gasteiger partial charge is 0.464 e. The van der Waals surface area contributed by atoms with Crippen LogP contribution in [0.5, 0.6) is 0 Å². The van der Waals surface area contributed by atoms with Crippen molar-refractivity contribution < 1.29 is 9.53 Å². The third kappa shape index (κ3) is 9.87. The molecule has 1 atom stereocenters. The summed E-state index contributed by atoms with van der Waals surface area (Å²) < 4.78 is 5.68. The highest BCUT2D eigenvalue weighted by atomic mass is 35.5. The molecule has 1 N–H and O–H groups in total. The lowest BCUT2D eigenvalue weighted by Gasteiger charge is -2.39. The van der Waals surface area contributed by atoms with Crippen LogP contribution < -0.4 is 5.32 Å². The maximum atomic E-state index is 13.2. The minimum absolute atomic E-state index is 0.0966. The van der Waals surface area contributed by atoms with Crippen LogP contribution in [-0.4, -0.2) is 90.1 Å². The number of carbonyl (C=O) groups is 1. The lowest BCUT2D eigenvalue weighted by molar-refractivity contribution is -0.145. The predicted octanol–water partition coefficient (Wildman–Crippen LogP) is 7.17. The van der Waals surface area contributed by atoms with Gasteiger partial charge >= 0.3 is 5.97 Å². The minimum atomic E-state index is -0.499. The molecule has 1 saturated heterocycles. The van der Waals surface area contributed by atoms with Gasteiger partial charge in [-0.15, -0.1) is 0 Å². The highest BCUT2D eigenvalue weighted by Gasteiger charge is 2.28. The van der Waals surface area contributed by atoms with Crippen molar-refractivity contribution in [3.05, 3.63) is 99.8 Å². The van der Waals surface area contributed by atoms with Crippen molar-refractivity contribution in [1.29, 1.82) is 0 Å². The number of ether oxygens (including phenoxy) is 1. The molecule has 250 valence electrons. The molecule has 2 heterocycles. The zero-order valence-corrected chi connectivity index (χ0v) is 29.3. The van der Waals surface area contributed by atoms with Crippen LogP contribution in [0.2, 0.25) is 10.0 Å². The fraction of sp³-hybridized carbons (Fsp3) is 0.432. The first kappa shape index (κ1) is 35.0. The number of fused-ring (bicyclic) bond motifs is 1. The van der Waals surface area contributed by atoms with Gasteiger partial charge in [-0.05, 0) is 86.9 Å². The van der Waals surface area contributed by atoms with E-state index in [9.17, 15) is 4.79 Å². The van der Waals surface area contributed by atoms with Crippen molar-refractivity contribution in [3.8, 4) is 0 Å². The Kier molecular flexibility index (Phi) is 12.5. The second-order valence-corrected chi connectivity index (χ2v) is 13.9. The molecule has 0 unspecified atom stereocenters. The van der Waals surface area contributed by atoms with Gasteiger partial charge in [0.05, 0.1) is 24.7 Å². The van der Waals surface area contributed by atoms with Gasteiger partial charge in [0.2, 0.25) is 0 Å². The number of anilines is 1. The average Bonchev–Trinajstić information content (AvgIpc) is 3.05. The smallest absolute Gasteiger partial charge is 0.328 e. The Morgan fingerprint density at radius 2 is 1.51 bits per heavy atom. The van der Waals surface area contributed by atoms with Gasteiger partial charge in [0.25, 0.3) is 0 Å². The third-order valence-corrected chi connectivity index (χ3v) is 8.91. The number of esters is 1. The Labute approximate surface area is 289 Å². The van der Waals surface area contributed by atoms with E-state index in [0.717, 1.165) is 65.9 Å². The van der Waals surface area contributed by atoms with Gasteiger partial charge in [0.15, 0.2) is 0 Å². The first-order valence-corrected chi connectivity index (χ1v) is 17.2. The van der Waals surface area contributed by atoms with E-state index < -0.39 is 6.04 Å². The normalized spacial score (nSPS) is 15.1. The molecule has 5 rings (SSSR count). The van der Waals surface area contributed by atoms with Gasteiger partial charge in [-0.2, -0.15) is 0 Å². The second kappa shape index (κ2) is 16.7. The number of para-hydroxylation sites is 1. The maximum Gasteiger partial charge on any atom is 0.328 e. The first-order chi connectivity index (χ1) is 22.7. The summed E-state index contributed by atoms with van der Waals surface area (Å²) >= 11 is 12.5. The molecule has 10 heteroatoms. The summed E-state index contributed by atoms with van der Waals surface area (Å²) in [6.45, 7) is 9.47. The predicted molar refractivity (Wildman–Crippen MR) is 192 cm³/mol. The van der Waals surface area contributed by atoms with Crippen molar-refractivity contribution in [1.82, 2.24) is 24.7 Å². The van der Waals surface area contributed by atoms with Crippen molar-refractivity contribution in [2.75, 3.05) is 58.7 Å². The highest BCUT2D eigenvalue weighted by Crippen LogP contribution is 2.32. The summed E-state index contributed by atoms with van der Waals surface area (Å²) in [5, 5.41) is 5.82. The third-order valence-electron chi connectivity index (χ3n) is 8.41. The van der Waals surface area contributed by atoms with Crippen LogP contribution in [0.4, 0.5) is 5.82 Å². The van der Waals surface area contributed by atoms with E-state index in [4.69, 9.17) is 37.9 Å². The van der Waals surface area contributed by atoms with Gasteiger partial charge in [-0.3, -0.25) is 9.80 Å². The standard InChI is InChI=1S/C37H46Cl2N6O2/c1-26(2)25-47-37(46)33(10-7-19-43(3)4)41-36-31-8-5-6-9-32(31)40-34(42-36)24-44-20-22-45(23-21-44)35(27-11-15-29(38)16-12-27)28-13-17-30(39)18-14-28/h5-6,8-9,11-18,26,33,35H,7,10,19-25H2,1-4H3,(H,40,41,42)/t33-/m0/s1. The molecule has 8 nitrogen and oxygen atoms in total. The molecular weight excluding hydrogens is 631 g/mol. The number of carbonyl (C=O) groups excluding carboxylic acids is 1. The summed E-state index contributed by atoms with van der Waals surface area (Å²) in [4.78, 5) is 30.2. The summed E-state index contributed by atoms with van der Waals surface area (Å²) in [6.07, 6.45) is 1.50. The fourth-order valence-electron chi connectivity index (χ4n) is 5.96. The molecule has 0 saturated carbocycles. The number of piperazine rings is 1. The van der Waals surface area contributed by atoms with E-state index in [2.05, 4.69) is 44.3 Å². The van der Waals surface area contributed by atoms with E-state index in [1.807, 2.05) is 76.5 Å². The minimum Gasteiger partial charge on any atom is -0.464 e. The van der Waals surface area contributed by atoms with Crippen LogP contribution in [0.3, 0.4) is 0 Å². The molecule has 0 amide bonds. The second-order valence-electron chi connectivity index (χ2n) is 13.0. The molecule has 47 heavy (non-hydrogen) atoms. The average molecular weight is 678 g/mol. The van der Waals surface area contributed by atoms with Crippen molar-refractivity contribution in [2.45, 2.75) is 45.3 Å².